The molecule has 98 valence electrons. The van der Waals surface area contributed by atoms with Gasteiger partial charge in [0.25, 0.3) is 5.69 Å². The Morgan fingerprint density at radius 2 is 2.33 bits per heavy atom. The van der Waals surface area contributed by atoms with E-state index in [1.165, 1.54) is 25.5 Å². The maximum Gasteiger partial charge on any atom is 0.290 e. The van der Waals surface area contributed by atoms with Crippen LogP contribution in [-0.4, -0.2) is 27.5 Å². The van der Waals surface area contributed by atoms with E-state index in [0.717, 1.165) is 12.4 Å². The first-order valence-electron chi connectivity index (χ1n) is 5.96. The Kier molecular flexibility index (Phi) is 3.75. The van der Waals surface area contributed by atoms with Crippen LogP contribution in [0.4, 0.5) is 11.5 Å². The summed E-state index contributed by atoms with van der Waals surface area (Å²) in [6.07, 6.45) is 7.20. The number of aryl methyl sites for hydroxylation is 1. The molecule has 0 radical (unpaired) electrons. The van der Waals surface area contributed by atoms with Gasteiger partial charge in [0.1, 0.15) is 12.0 Å². The summed E-state index contributed by atoms with van der Waals surface area (Å²) in [5.41, 5.74) is 0.716. The van der Waals surface area contributed by atoms with Crippen molar-refractivity contribution >= 4 is 23.3 Å². The lowest BCUT2D eigenvalue weighted by Crippen LogP contribution is -2.40. The van der Waals surface area contributed by atoms with Gasteiger partial charge in [-0.05, 0) is 32.1 Å². The van der Waals surface area contributed by atoms with Gasteiger partial charge >= 0.3 is 0 Å². The number of hydrogen-bond acceptors (Lipinski definition) is 5. The van der Waals surface area contributed by atoms with Crippen LogP contribution in [0.3, 0.4) is 0 Å². The summed E-state index contributed by atoms with van der Waals surface area (Å²) in [6, 6.07) is 1.74. The summed E-state index contributed by atoms with van der Waals surface area (Å²) < 4.78 is 0.331. The fourth-order valence-electron chi connectivity index (χ4n) is 2.11. The second kappa shape index (κ2) is 5.14. The van der Waals surface area contributed by atoms with E-state index in [1.807, 2.05) is 11.8 Å². The standard InChI is InChI=1S/C12H17N3O2S/c1-9-6-11(13-7-10(9)15(16)17)14-8-12(18-2)4-3-5-12/h6-7H,3-5,8H2,1-2H3,(H,13,14). The Bertz CT molecular complexity index is 455. The molecule has 1 aliphatic rings. The molecule has 1 aliphatic carbocycles. The van der Waals surface area contributed by atoms with Crippen LogP contribution in [0.25, 0.3) is 0 Å². The first-order chi connectivity index (χ1) is 8.56. The van der Waals surface area contributed by atoms with Gasteiger partial charge in [-0.2, -0.15) is 11.8 Å². The minimum atomic E-state index is -0.401. The number of thioether (sulfide) groups is 1. The lowest BCUT2D eigenvalue weighted by Gasteiger charge is -2.40. The van der Waals surface area contributed by atoms with Crippen molar-refractivity contribution in [1.82, 2.24) is 4.98 Å². The second-order valence-corrected chi connectivity index (χ2v) is 5.98. The Labute approximate surface area is 111 Å². The van der Waals surface area contributed by atoms with Crippen molar-refractivity contribution in [2.75, 3.05) is 18.1 Å². The van der Waals surface area contributed by atoms with E-state index < -0.39 is 4.92 Å². The van der Waals surface area contributed by atoms with E-state index in [0.29, 0.717) is 10.3 Å². The zero-order chi connectivity index (χ0) is 13.2. The Balaban J connectivity index is 2.02. The Morgan fingerprint density at radius 1 is 1.61 bits per heavy atom. The number of anilines is 1. The number of rotatable bonds is 5. The molecule has 1 aromatic heterocycles. The summed E-state index contributed by atoms with van der Waals surface area (Å²) in [4.78, 5) is 14.4. The van der Waals surface area contributed by atoms with Crippen molar-refractivity contribution in [3.8, 4) is 0 Å². The average molecular weight is 267 g/mol. The van der Waals surface area contributed by atoms with Gasteiger partial charge in [0, 0.05) is 16.9 Å². The largest absolute Gasteiger partial charge is 0.369 e. The van der Waals surface area contributed by atoms with Crippen molar-refractivity contribution in [1.29, 1.82) is 0 Å². The van der Waals surface area contributed by atoms with Gasteiger partial charge in [0.05, 0.1) is 4.92 Å². The summed E-state index contributed by atoms with van der Waals surface area (Å²) in [5.74, 6) is 0.721. The molecule has 0 amide bonds. The monoisotopic (exact) mass is 267 g/mol. The van der Waals surface area contributed by atoms with E-state index in [-0.39, 0.29) is 5.69 Å². The Hall–Kier alpha value is -1.30. The molecule has 0 bridgehead atoms. The van der Waals surface area contributed by atoms with Crippen molar-refractivity contribution in [3.63, 3.8) is 0 Å². The quantitative estimate of drug-likeness (QED) is 0.656. The SMILES string of the molecule is CSC1(CNc2cc(C)c([N+](=O)[O-])cn2)CCC1. The average Bonchev–Trinajstić information content (AvgIpc) is 2.27. The van der Waals surface area contributed by atoms with Crippen LogP contribution in [-0.2, 0) is 0 Å². The molecule has 0 spiro atoms. The highest BCUT2D eigenvalue weighted by Crippen LogP contribution is 2.42. The van der Waals surface area contributed by atoms with Gasteiger partial charge in [-0.25, -0.2) is 4.98 Å². The van der Waals surface area contributed by atoms with Crippen LogP contribution in [0.5, 0.6) is 0 Å². The number of nitrogens with zero attached hydrogens (tertiary/aromatic N) is 2. The fraction of sp³-hybridized carbons (Fsp3) is 0.583. The third kappa shape index (κ3) is 2.58. The molecule has 0 atom stereocenters. The lowest BCUT2D eigenvalue weighted by molar-refractivity contribution is -0.385. The maximum atomic E-state index is 10.7. The van der Waals surface area contributed by atoms with Crippen LogP contribution >= 0.6 is 11.8 Å². The van der Waals surface area contributed by atoms with E-state index in [2.05, 4.69) is 16.6 Å². The highest BCUT2D eigenvalue weighted by atomic mass is 32.2. The fourth-order valence-corrected chi connectivity index (χ4v) is 3.03. The molecule has 6 heteroatoms. The topological polar surface area (TPSA) is 68.1 Å². The summed E-state index contributed by atoms with van der Waals surface area (Å²) in [5, 5.41) is 14.0. The maximum absolute atomic E-state index is 10.7. The van der Waals surface area contributed by atoms with E-state index in [1.54, 1.807) is 13.0 Å². The third-order valence-corrected chi connectivity index (χ3v) is 4.99. The van der Waals surface area contributed by atoms with E-state index in [4.69, 9.17) is 0 Å². The summed E-state index contributed by atoms with van der Waals surface area (Å²) in [7, 11) is 0. The van der Waals surface area contributed by atoms with Crippen molar-refractivity contribution in [3.05, 3.63) is 27.9 Å². The van der Waals surface area contributed by atoms with Crippen molar-refractivity contribution in [2.45, 2.75) is 30.9 Å². The highest BCUT2D eigenvalue weighted by Gasteiger charge is 2.35. The first-order valence-corrected chi connectivity index (χ1v) is 7.19. The van der Waals surface area contributed by atoms with Gasteiger partial charge in [0.2, 0.25) is 0 Å². The zero-order valence-electron chi connectivity index (χ0n) is 10.6. The van der Waals surface area contributed by atoms with Gasteiger partial charge in [-0.15, -0.1) is 0 Å². The molecule has 0 aromatic carbocycles. The minimum absolute atomic E-state index is 0.0729. The number of hydrogen-bond donors (Lipinski definition) is 1. The smallest absolute Gasteiger partial charge is 0.290 e. The molecule has 2 rings (SSSR count). The van der Waals surface area contributed by atoms with Gasteiger partial charge in [-0.3, -0.25) is 10.1 Å². The summed E-state index contributed by atoms with van der Waals surface area (Å²) in [6.45, 7) is 2.61. The molecule has 1 saturated carbocycles. The number of nitro groups is 1. The molecule has 1 aromatic rings. The number of nitrogens with one attached hydrogen (secondary N) is 1. The molecule has 0 unspecified atom stereocenters. The molecule has 0 aliphatic heterocycles. The predicted octanol–water partition coefficient (Wildman–Crippen LogP) is 3.00. The Morgan fingerprint density at radius 3 is 2.78 bits per heavy atom. The summed E-state index contributed by atoms with van der Waals surface area (Å²) >= 11 is 1.89. The minimum Gasteiger partial charge on any atom is -0.369 e. The molecule has 1 N–H and O–H groups in total. The molecular weight excluding hydrogens is 250 g/mol. The molecule has 1 fully saturated rings. The van der Waals surface area contributed by atoms with Crippen LogP contribution in [0.2, 0.25) is 0 Å². The van der Waals surface area contributed by atoms with Gasteiger partial charge in [-0.1, -0.05) is 6.42 Å². The molecule has 1 heterocycles. The highest BCUT2D eigenvalue weighted by molar-refractivity contribution is 8.00. The van der Waals surface area contributed by atoms with Gasteiger partial charge in [0.15, 0.2) is 0 Å². The lowest BCUT2D eigenvalue weighted by atomic mass is 9.84. The van der Waals surface area contributed by atoms with Crippen molar-refractivity contribution in [2.24, 2.45) is 0 Å². The normalized spacial score (nSPS) is 17.0. The molecule has 5 nitrogen and oxygen atoms in total. The number of pyridine rings is 1. The van der Waals surface area contributed by atoms with E-state index >= 15 is 0 Å². The van der Waals surface area contributed by atoms with Gasteiger partial charge < -0.3 is 5.32 Å². The molecule has 18 heavy (non-hydrogen) atoms. The zero-order valence-corrected chi connectivity index (χ0v) is 11.4. The predicted molar refractivity (Wildman–Crippen MR) is 74.2 cm³/mol. The first kappa shape index (κ1) is 13.1. The number of aromatic nitrogens is 1. The van der Waals surface area contributed by atoms with Crippen LogP contribution < -0.4 is 5.32 Å². The van der Waals surface area contributed by atoms with Crippen LogP contribution in [0, 0.1) is 17.0 Å². The molecule has 0 saturated heterocycles. The second-order valence-electron chi connectivity index (χ2n) is 4.71. The molecular formula is C12H17N3O2S. The third-order valence-electron chi connectivity index (χ3n) is 3.57. The van der Waals surface area contributed by atoms with E-state index in [9.17, 15) is 10.1 Å². The van der Waals surface area contributed by atoms with Crippen LogP contribution in [0.15, 0.2) is 12.3 Å². The van der Waals surface area contributed by atoms with Crippen molar-refractivity contribution < 1.29 is 4.92 Å². The van der Waals surface area contributed by atoms with Crippen LogP contribution in [0.1, 0.15) is 24.8 Å².